The van der Waals surface area contributed by atoms with E-state index in [4.69, 9.17) is 14.4 Å². The summed E-state index contributed by atoms with van der Waals surface area (Å²) >= 11 is 0. The van der Waals surface area contributed by atoms with E-state index in [0.717, 1.165) is 27.8 Å². The van der Waals surface area contributed by atoms with Crippen LogP contribution in [0.4, 0.5) is 10.5 Å². The van der Waals surface area contributed by atoms with Crippen molar-refractivity contribution in [3.63, 3.8) is 0 Å². The number of aliphatic carboxylic acids is 1. The number of benzene rings is 3. The molecule has 0 bridgehead atoms. The Bertz CT molecular complexity index is 1300. The highest BCUT2D eigenvalue weighted by atomic mass is 16.6. The maximum atomic E-state index is 12.5. The fourth-order valence-corrected chi connectivity index (χ4v) is 3.82. The second-order valence-corrected chi connectivity index (χ2v) is 8.35. The van der Waals surface area contributed by atoms with Gasteiger partial charge >= 0.3 is 12.1 Å². The van der Waals surface area contributed by atoms with E-state index in [1.807, 2.05) is 85.8 Å². The second kappa shape index (κ2) is 10.7. The van der Waals surface area contributed by atoms with Gasteiger partial charge < -0.3 is 14.4 Å². The van der Waals surface area contributed by atoms with Crippen molar-refractivity contribution in [2.24, 2.45) is 0 Å². The molecule has 0 aliphatic rings. The molecule has 1 unspecified atom stereocenters. The fraction of sp³-hybridized carbons (Fsp3) is 0.179. The molecule has 7 heteroatoms. The van der Waals surface area contributed by atoms with E-state index in [1.54, 1.807) is 6.92 Å². The van der Waals surface area contributed by atoms with Crippen LogP contribution in [0.2, 0.25) is 0 Å². The highest BCUT2D eigenvalue weighted by molar-refractivity contribution is 5.91. The number of carbonyl (C=O) groups excluding carboxylic acids is 1. The Morgan fingerprint density at radius 3 is 2.14 bits per heavy atom. The summed E-state index contributed by atoms with van der Waals surface area (Å²) in [5.74, 6) is -0.415. The standard InChI is InChI=1S/C28H26N2O5/c1-18(16-20-6-4-3-5-7-20)34-28(33)29-26-19(2)30-35-27(26)24-14-12-23(13-15-24)22-10-8-21(9-11-22)17-25(31)32/h3-15,18H,16-17H2,1-2H3,(H,29,33)(H,31,32). The Morgan fingerprint density at radius 2 is 1.51 bits per heavy atom. The third-order valence-corrected chi connectivity index (χ3v) is 5.55. The first-order valence-electron chi connectivity index (χ1n) is 11.3. The molecule has 178 valence electrons. The molecule has 4 rings (SSSR count). The number of aryl methyl sites for hydroxylation is 1. The quantitative estimate of drug-likeness (QED) is 0.321. The maximum absolute atomic E-state index is 12.5. The minimum atomic E-state index is -0.858. The molecule has 2 N–H and O–H groups in total. The number of carboxylic acid groups (broad SMARTS) is 1. The molecule has 0 saturated heterocycles. The largest absolute Gasteiger partial charge is 0.481 e. The number of anilines is 1. The Kier molecular flexibility index (Phi) is 7.26. The van der Waals surface area contributed by atoms with Crippen LogP contribution in [0.3, 0.4) is 0 Å². The molecule has 0 fully saturated rings. The Hall–Kier alpha value is -4.39. The van der Waals surface area contributed by atoms with Crippen molar-refractivity contribution in [3.05, 3.63) is 95.7 Å². The lowest BCUT2D eigenvalue weighted by molar-refractivity contribution is -0.136. The third-order valence-electron chi connectivity index (χ3n) is 5.55. The minimum absolute atomic E-state index is 0.00664. The van der Waals surface area contributed by atoms with E-state index < -0.39 is 12.1 Å². The van der Waals surface area contributed by atoms with Gasteiger partial charge in [-0.3, -0.25) is 10.1 Å². The summed E-state index contributed by atoms with van der Waals surface area (Å²) in [6.07, 6.45) is -0.267. The molecule has 0 aliphatic heterocycles. The monoisotopic (exact) mass is 470 g/mol. The van der Waals surface area contributed by atoms with Gasteiger partial charge in [-0.1, -0.05) is 84.0 Å². The van der Waals surface area contributed by atoms with Crippen molar-refractivity contribution >= 4 is 17.7 Å². The van der Waals surface area contributed by atoms with Crippen molar-refractivity contribution in [2.75, 3.05) is 5.32 Å². The van der Waals surface area contributed by atoms with E-state index in [9.17, 15) is 9.59 Å². The number of carbonyl (C=O) groups is 2. The molecule has 0 spiro atoms. The maximum Gasteiger partial charge on any atom is 0.412 e. The zero-order valence-electron chi connectivity index (χ0n) is 19.5. The minimum Gasteiger partial charge on any atom is -0.481 e. The van der Waals surface area contributed by atoms with Gasteiger partial charge in [0, 0.05) is 12.0 Å². The van der Waals surface area contributed by atoms with Gasteiger partial charge in [0.2, 0.25) is 0 Å². The third kappa shape index (κ3) is 6.14. The number of amides is 1. The van der Waals surface area contributed by atoms with Crippen molar-refractivity contribution in [3.8, 4) is 22.5 Å². The highest BCUT2D eigenvalue weighted by Gasteiger charge is 2.19. The average Bonchev–Trinajstić information content (AvgIpc) is 3.19. The molecule has 0 radical (unpaired) electrons. The smallest absolute Gasteiger partial charge is 0.412 e. The van der Waals surface area contributed by atoms with Crippen LogP contribution in [0.15, 0.2) is 83.4 Å². The SMILES string of the molecule is Cc1noc(-c2ccc(-c3ccc(CC(=O)O)cc3)cc2)c1NC(=O)OC(C)Cc1ccccc1. The zero-order valence-corrected chi connectivity index (χ0v) is 19.5. The second-order valence-electron chi connectivity index (χ2n) is 8.35. The molecule has 7 nitrogen and oxygen atoms in total. The Balaban J connectivity index is 1.44. The van der Waals surface area contributed by atoms with E-state index in [1.165, 1.54) is 0 Å². The molecule has 4 aromatic rings. The van der Waals surface area contributed by atoms with Crippen molar-refractivity contribution in [1.82, 2.24) is 5.16 Å². The number of hydrogen-bond donors (Lipinski definition) is 2. The highest BCUT2D eigenvalue weighted by Crippen LogP contribution is 2.32. The van der Waals surface area contributed by atoms with Crippen LogP contribution in [0, 0.1) is 6.92 Å². The van der Waals surface area contributed by atoms with Gasteiger partial charge in [0.25, 0.3) is 0 Å². The van der Waals surface area contributed by atoms with E-state index in [2.05, 4.69) is 10.5 Å². The van der Waals surface area contributed by atoms with Gasteiger partial charge in [-0.25, -0.2) is 4.79 Å². The summed E-state index contributed by atoms with van der Waals surface area (Å²) in [5.41, 5.74) is 5.54. The Labute approximate surface area is 203 Å². The topological polar surface area (TPSA) is 102 Å². The fourth-order valence-electron chi connectivity index (χ4n) is 3.82. The predicted molar refractivity (Wildman–Crippen MR) is 133 cm³/mol. The van der Waals surface area contributed by atoms with Crippen LogP contribution in [-0.2, 0) is 22.4 Å². The van der Waals surface area contributed by atoms with Gasteiger partial charge in [-0.2, -0.15) is 0 Å². The summed E-state index contributed by atoms with van der Waals surface area (Å²) in [5, 5.41) is 15.7. The predicted octanol–water partition coefficient (Wildman–Crippen LogP) is 6.12. The van der Waals surface area contributed by atoms with Gasteiger partial charge in [-0.15, -0.1) is 0 Å². The van der Waals surface area contributed by atoms with E-state index in [0.29, 0.717) is 23.6 Å². The van der Waals surface area contributed by atoms with Crippen LogP contribution in [0.25, 0.3) is 22.5 Å². The Morgan fingerprint density at radius 1 is 0.914 bits per heavy atom. The number of rotatable bonds is 8. The van der Waals surface area contributed by atoms with Gasteiger partial charge in [0.05, 0.1) is 6.42 Å². The van der Waals surface area contributed by atoms with Crippen LogP contribution >= 0.6 is 0 Å². The van der Waals surface area contributed by atoms with Gasteiger partial charge in [0.1, 0.15) is 17.5 Å². The van der Waals surface area contributed by atoms with Crippen LogP contribution < -0.4 is 5.32 Å². The number of nitrogens with one attached hydrogen (secondary N) is 1. The number of nitrogens with zero attached hydrogens (tertiary/aromatic N) is 1. The molecule has 1 aromatic heterocycles. The number of carboxylic acids is 1. The zero-order chi connectivity index (χ0) is 24.8. The molecular weight excluding hydrogens is 444 g/mol. The molecular formula is C28H26N2O5. The normalized spacial score (nSPS) is 11.6. The van der Waals surface area contributed by atoms with E-state index in [-0.39, 0.29) is 12.5 Å². The molecule has 1 heterocycles. The van der Waals surface area contributed by atoms with Gasteiger partial charge in [0.15, 0.2) is 5.76 Å². The molecule has 3 aromatic carbocycles. The average molecular weight is 471 g/mol. The van der Waals surface area contributed by atoms with Crippen LogP contribution in [0.1, 0.15) is 23.7 Å². The van der Waals surface area contributed by atoms with E-state index >= 15 is 0 Å². The molecule has 0 saturated carbocycles. The lowest BCUT2D eigenvalue weighted by Gasteiger charge is -2.14. The summed E-state index contributed by atoms with van der Waals surface area (Å²) < 4.78 is 11.0. The molecule has 1 atom stereocenters. The summed E-state index contributed by atoms with van der Waals surface area (Å²) in [6, 6.07) is 24.9. The first-order chi connectivity index (χ1) is 16.9. The molecule has 35 heavy (non-hydrogen) atoms. The lowest BCUT2D eigenvalue weighted by Crippen LogP contribution is -2.22. The first-order valence-corrected chi connectivity index (χ1v) is 11.3. The number of hydrogen-bond acceptors (Lipinski definition) is 5. The van der Waals surface area contributed by atoms with Gasteiger partial charge in [-0.05, 0) is 36.1 Å². The number of aromatic nitrogens is 1. The lowest BCUT2D eigenvalue weighted by atomic mass is 10.0. The molecule has 0 aliphatic carbocycles. The van der Waals surface area contributed by atoms with Crippen LogP contribution in [-0.4, -0.2) is 28.4 Å². The first kappa shape index (κ1) is 23.8. The molecule has 1 amide bonds. The van der Waals surface area contributed by atoms with Crippen LogP contribution in [0.5, 0.6) is 0 Å². The van der Waals surface area contributed by atoms with Crippen molar-refractivity contribution in [1.29, 1.82) is 0 Å². The summed E-state index contributed by atoms with van der Waals surface area (Å²) in [7, 11) is 0. The van der Waals surface area contributed by atoms with Crippen molar-refractivity contribution in [2.45, 2.75) is 32.8 Å². The summed E-state index contributed by atoms with van der Waals surface area (Å²) in [6.45, 7) is 3.60. The van der Waals surface area contributed by atoms with Crippen molar-refractivity contribution < 1.29 is 24.0 Å². The number of ether oxygens (including phenoxy) is 1. The summed E-state index contributed by atoms with van der Waals surface area (Å²) in [4.78, 5) is 23.4.